The maximum absolute atomic E-state index is 5.54. The maximum Gasteiger partial charge on any atom is 0.178 e. The maximum atomic E-state index is 5.54. The lowest BCUT2D eigenvalue weighted by Gasteiger charge is -2.32. The van der Waals surface area contributed by atoms with Crippen LogP contribution in [0.15, 0.2) is 22.7 Å². The summed E-state index contributed by atoms with van der Waals surface area (Å²) < 4.78 is 4.28. The van der Waals surface area contributed by atoms with Crippen LogP contribution in [-0.4, -0.2) is 34.1 Å². The molecular formula is C15H20BrN3S. The van der Waals surface area contributed by atoms with Gasteiger partial charge in [0.05, 0.1) is 11.0 Å². The number of imidazole rings is 1. The molecule has 0 aliphatic carbocycles. The van der Waals surface area contributed by atoms with Crippen molar-refractivity contribution in [2.24, 2.45) is 0 Å². The highest BCUT2D eigenvalue weighted by Crippen LogP contribution is 2.29. The molecule has 1 saturated heterocycles. The van der Waals surface area contributed by atoms with E-state index in [1.54, 1.807) is 0 Å². The van der Waals surface area contributed by atoms with Crippen molar-refractivity contribution in [3.8, 4) is 0 Å². The Morgan fingerprint density at radius 1 is 1.35 bits per heavy atom. The van der Waals surface area contributed by atoms with Crippen molar-refractivity contribution in [3.63, 3.8) is 0 Å². The van der Waals surface area contributed by atoms with Gasteiger partial charge in [0.1, 0.15) is 0 Å². The number of hydrogen-bond donors (Lipinski definition) is 1. The van der Waals surface area contributed by atoms with E-state index in [1.165, 1.54) is 44.4 Å². The molecule has 20 heavy (non-hydrogen) atoms. The first-order valence-corrected chi connectivity index (χ1v) is 8.51. The SMILES string of the molecule is CCCN1CCC(n2c(=S)[nH]c3ccc(Br)cc32)CC1. The fraction of sp³-hybridized carbons (Fsp3) is 0.533. The van der Waals surface area contributed by atoms with Crippen LogP contribution in [0.2, 0.25) is 0 Å². The molecule has 0 bridgehead atoms. The summed E-state index contributed by atoms with van der Waals surface area (Å²) in [6.07, 6.45) is 3.62. The predicted molar refractivity (Wildman–Crippen MR) is 89.8 cm³/mol. The molecule has 3 nitrogen and oxygen atoms in total. The molecule has 2 aromatic rings. The molecule has 1 fully saturated rings. The number of piperidine rings is 1. The largest absolute Gasteiger partial charge is 0.331 e. The van der Waals surface area contributed by atoms with Crippen molar-refractivity contribution < 1.29 is 0 Å². The van der Waals surface area contributed by atoms with Crippen LogP contribution in [0, 0.1) is 4.77 Å². The number of nitrogens with zero attached hydrogens (tertiary/aromatic N) is 2. The van der Waals surface area contributed by atoms with Crippen molar-refractivity contribution in [3.05, 3.63) is 27.4 Å². The van der Waals surface area contributed by atoms with E-state index >= 15 is 0 Å². The predicted octanol–water partition coefficient (Wildman–Crippen LogP) is 4.51. The van der Waals surface area contributed by atoms with Crippen LogP contribution < -0.4 is 0 Å². The Morgan fingerprint density at radius 3 is 2.80 bits per heavy atom. The highest BCUT2D eigenvalue weighted by molar-refractivity contribution is 9.10. The Morgan fingerprint density at radius 2 is 2.10 bits per heavy atom. The van der Waals surface area contributed by atoms with Gasteiger partial charge in [0.25, 0.3) is 0 Å². The van der Waals surface area contributed by atoms with Gasteiger partial charge in [0.15, 0.2) is 4.77 Å². The third kappa shape index (κ3) is 2.71. The number of hydrogen-bond acceptors (Lipinski definition) is 2. The van der Waals surface area contributed by atoms with Crippen molar-refractivity contribution in [2.75, 3.05) is 19.6 Å². The van der Waals surface area contributed by atoms with E-state index in [1.807, 2.05) is 0 Å². The fourth-order valence-corrected chi connectivity index (χ4v) is 3.88. The number of aromatic amines is 1. The number of rotatable bonds is 3. The van der Waals surface area contributed by atoms with E-state index in [-0.39, 0.29) is 0 Å². The van der Waals surface area contributed by atoms with Crippen LogP contribution in [-0.2, 0) is 0 Å². The molecule has 1 aromatic heterocycles. The number of benzene rings is 1. The topological polar surface area (TPSA) is 24.0 Å². The summed E-state index contributed by atoms with van der Waals surface area (Å²) in [6, 6.07) is 6.85. The average molecular weight is 354 g/mol. The molecule has 0 spiro atoms. The summed E-state index contributed by atoms with van der Waals surface area (Å²) >= 11 is 9.10. The lowest BCUT2D eigenvalue weighted by molar-refractivity contribution is 0.188. The number of aromatic nitrogens is 2. The standard InChI is InChI=1S/C15H20BrN3S/c1-2-7-18-8-5-12(6-9-18)19-14-10-11(16)3-4-13(14)17-15(19)20/h3-4,10,12H,2,5-9H2,1H3,(H,17,20). The summed E-state index contributed by atoms with van der Waals surface area (Å²) in [7, 11) is 0. The van der Waals surface area contributed by atoms with Crippen LogP contribution in [0.4, 0.5) is 0 Å². The first kappa shape index (κ1) is 14.3. The zero-order valence-electron chi connectivity index (χ0n) is 11.7. The normalized spacial score (nSPS) is 17.9. The van der Waals surface area contributed by atoms with Crippen molar-refractivity contribution in [1.82, 2.24) is 14.5 Å². The lowest BCUT2D eigenvalue weighted by Crippen LogP contribution is -2.35. The van der Waals surface area contributed by atoms with Crippen LogP contribution in [0.25, 0.3) is 11.0 Å². The van der Waals surface area contributed by atoms with Gasteiger partial charge in [0.2, 0.25) is 0 Å². The van der Waals surface area contributed by atoms with Gasteiger partial charge in [-0.05, 0) is 56.2 Å². The summed E-state index contributed by atoms with van der Waals surface area (Å²) in [4.78, 5) is 5.89. The molecule has 1 aliphatic heterocycles. The Kier molecular flexibility index (Phi) is 4.29. The van der Waals surface area contributed by atoms with Gasteiger partial charge < -0.3 is 14.5 Å². The van der Waals surface area contributed by atoms with Gasteiger partial charge in [-0.1, -0.05) is 22.9 Å². The second kappa shape index (κ2) is 6.00. The van der Waals surface area contributed by atoms with E-state index in [9.17, 15) is 0 Å². The van der Waals surface area contributed by atoms with Crippen LogP contribution in [0.5, 0.6) is 0 Å². The van der Waals surface area contributed by atoms with Gasteiger partial charge in [-0.3, -0.25) is 0 Å². The Bertz CT molecular complexity index is 653. The molecule has 1 aromatic carbocycles. The molecule has 2 heterocycles. The quantitative estimate of drug-likeness (QED) is 0.820. The van der Waals surface area contributed by atoms with Gasteiger partial charge in [-0.15, -0.1) is 0 Å². The molecule has 108 valence electrons. The van der Waals surface area contributed by atoms with Crippen LogP contribution in [0.1, 0.15) is 32.2 Å². The molecule has 0 radical (unpaired) electrons. The third-order valence-electron chi connectivity index (χ3n) is 4.14. The van der Waals surface area contributed by atoms with Gasteiger partial charge in [-0.25, -0.2) is 0 Å². The van der Waals surface area contributed by atoms with E-state index in [2.05, 4.69) is 55.5 Å². The molecule has 1 aliphatic rings. The monoisotopic (exact) mass is 353 g/mol. The Labute approximate surface area is 133 Å². The highest BCUT2D eigenvalue weighted by atomic mass is 79.9. The van der Waals surface area contributed by atoms with E-state index < -0.39 is 0 Å². The summed E-state index contributed by atoms with van der Waals surface area (Å²) in [6.45, 7) is 5.83. The minimum atomic E-state index is 0.527. The van der Waals surface area contributed by atoms with Crippen molar-refractivity contribution >= 4 is 39.2 Å². The molecule has 5 heteroatoms. The molecule has 1 N–H and O–H groups in total. The molecule has 0 saturated carbocycles. The number of nitrogens with one attached hydrogen (secondary N) is 1. The van der Waals surface area contributed by atoms with Gasteiger partial charge in [-0.2, -0.15) is 0 Å². The molecule has 0 amide bonds. The van der Waals surface area contributed by atoms with Gasteiger partial charge in [0, 0.05) is 23.6 Å². The van der Waals surface area contributed by atoms with Gasteiger partial charge >= 0.3 is 0 Å². The zero-order valence-corrected chi connectivity index (χ0v) is 14.1. The van der Waals surface area contributed by atoms with Crippen molar-refractivity contribution in [1.29, 1.82) is 0 Å². The number of fused-ring (bicyclic) bond motifs is 1. The zero-order chi connectivity index (χ0) is 14.1. The fourth-order valence-electron chi connectivity index (χ4n) is 3.17. The van der Waals surface area contributed by atoms with Crippen molar-refractivity contribution in [2.45, 2.75) is 32.2 Å². The minimum absolute atomic E-state index is 0.527. The second-order valence-electron chi connectivity index (χ2n) is 5.53. The third-order valence-corrected chi connectivity index (χ3v) is 4.93. The summed E-state index contributed by atoms with van der Waals surface area (Å²) in [5, 5.41) is 0. The molecule has 3 rings (SSSR count). The Hall–Kier alpha value is -0.650. The summed E-state index contributed by atoms with van der Waals surface area (Å²) in [5.41, 5.74) is 2.35. The summed E-state index contributed by atoms with van der Waals surface area (Å²) in [5.74, 6) is 0. The molecular weight excluding hydrogens is 334 g/mol. The van der Waals surface area contributed by atoms with E-state index in [0.29, 0.717) is 6.04 Å². The number of H-pyrrole nitrogens is 1. The van der Waals surface area contributed by atoms with E-state index in [4.69, 9.17) is 12.2 Å². The number of likely N-dealkylation sites (tertiary alicyclic amines) is 1. The smallest absolute Gasteiger partial charge is 0.178 e. The number of halogens is 1. The first-order chi connectivity index (χ1) is 9.69. The second-order valence-corrected chi connectivity index (χ2v) is 6.84. The lowest BCUT2D eigenvalue weighted by atomic mass is 10.0. The minimum Gasteiger partial charge on any atom is -0.331 e. The Balaban J connectivity index is 1.89. The molecule has 0 unspecified atom stereocenters. The van der Waals surface area contributed by atoms with Crippen LogP contribution >= 0.6 is 28.1 Å². The molecule has 0 atom stereocenters. The highest BCUT2D eigenvalue weighted by Gasteiger charge is 2.22. The first-order valence-electron chi connectivity index (χ1n) is 7.31. The van der Waals surface area contributed by atoms with Crippen LogP contribution in [0.3, 0.4) is 0 Å². The average Bonchev–Trinajstić information content (AvgIpc) is 2.76. The van der Waals surface area contributed by atoms with E-state index in [0.717, 1.165) is 14.8 Å².